The van der Waals surface area contributed by atoms with Crippen LogP contribution in [0.4, 0.5) is 0 Å². The van der Waals surface area contributed by atoms with Gasteiger partial charge in [0.15, 0.2) is 0 Å². The van der Waals surface area contributed by atoms with Crippen LogP contribution in [0.15, 0.2) is 18.2 Å². The molecule has 1 aromatic carbocycles. The first-order valence-electron chi connectivity index (χ1n) is 7.51. The van der Waals surface area contributed by atoms with Gasteiger partial charge >= 0.3 is 0 Å². The third-order valence-corrected chi connectivity index (χ3v) is 4.34. The minimum atomic E-state index is -0.417. The predicted molar refractivity (Wildman–Crippen MR) is 81.9 cm³/mol. The van der Waals surface area contributed by atoms with Crippen LogP contribution in [0.1, 0.15) is 36.1 Å². The molecule has 3 unspecified atom stereocenters. The number of hydrogen-bond acceptors (Lipinski definition) is 3. The van der Waals surface area contributed by atoms with Crippen LogP contribution in [0.5, 0.6) is 0 Å². The number of β-amino-alcohol motifs (C(OH)–C–C–N with tert-alkyl or cyclic N) is 1. The van der Waals surface area contributed by atoms with Gasteiger partial charge in [-0.1, -0.05) is 36.2 Å². The first kappa shape index (κ1) is 15.5. The Balaban J connectivity index is 1.99. The summed E-state index contributed by atoms with van der Waals surface area (Å²) in [6.45, 7) is 9.04. The second kappa shape index (κ2) is 6.70. The minimum absolute atomic E-state index is 0.287. The number of nitrogens with zero attached hydrogens (tertiary/aromatic N) is 1. The van der Waals surface area contributed by atoms with Crippen molar-refractivity contribution in [2.75, 3.05) is 26.7 Å². The fraction of sp³-hybridized carbons (Fsp3) is 0.647. The Morgan fingerprint density at radius 2 is 1.95 bits per heavy atom. The van der Waals surface area contributed by atoms with Crippen LogP contribution >= 0.6 is 0 Å². The number of ether oxygens (including phenoxy) is 1. The van der Waals surface area contributed by atoms with Crippen LogP contribution in [0.3, 0.4) is 0 Å². The normalized spacial score (nSPS) is 25.6. The highest BCUT2D eigenvalue weighted by atomic mass is 16.5. The third-order valence-electron chi connectivity index (χ3n) is 4.34. The van der Waals surface area contributed by atoms with Crippen LogP contribution in [0, 0.1) is 19.8 Å². The van der Waals surface area contributed by atoms with Gasteiger partial charge in [0, 0.05) is 20.2 Å². The van der Waals surface area contributed by atoms with Crippen LogP contribution in [0.25, 0.3) is 0 Å². The smallest absolute Gasteiger partial charge is 0.0917 e. The average Bonchev–Trinajstić information content (AvgIpc) is 2.39. The van der Waals surface area contributed by atoms with Crippen molar-refractivity contribution >= 4 is 0 Å². The van der Waals surface area contributed by atoms with Crippen molar-refractivity contribution in [1.82, 2.24) is 4.90 Å². The topological polar surface area (TPSA) is 32.7 Å². The third kappa shape index (κ3) is 3.81. The first-order chi connectivity index (χ1) is 9.49. The zero-order valence-electron chi connectivity index (χ0n) is 13.1. The Bertz CT molecular complexity index is 426. The molecule has 1 aromatic rings. The average molecular weight is 277 g/mol. The second-order valence-electron chi connectivity index (χ2n) is 6.24. The Labute approximate surface area is 122 Å². The van der Waals surface area contributed by atoms with E-state index in [-0.39, 0.29) is 6.10 Å². The fourth-order valence-corrected chi connectivity index (χ4v) is 3.12. The lowest BCUT2D eigenvalue weighted by atomic mass is 9.95. The van der Waals surface area contributed by atoms with Crippen LogP contribution < -0.4 is 0 Å². The highest BCUT2D eigenvalue weighted by Crippen LogP contribution is 2.23. The van der Waals surface area contributed by atoms with Crippen molar-refractivity contribution in [1.29, 1.82) is 0 Å². The molecule has 112 valence electrons. The summed E-state index contributed by atoms with van der Waals surface area (Å²) in [5.74, 6) is 0.606. The molecule has 0 aliphatic carbocycles. The summed E-state index contributed by atoms with van der Waals surface area (Å²) in [5.41, 5.74) is 3.44. The van der Waals surface area contributed by atoms with Gasteiger partial charge in [-0.05, 0) is 38.3 Å². The maximum Gasteiger partial charge on any atom is 0.0917 e. The molecule has 0 aromatic heterocycles. The summed E-state index contributed by atoms with van der Waals surface area (Å²) >= 11 is 0. The SMILES string of the molecule is COC1CN(CC(O)c2cc(C)cc(C)c2)CCC1C. The summed E-state index contributed by atoms with van der Waals surface area (Å²) in [4.78, 5) is 2.32. The molecule has 1 fully saturated rings. The van der Waals surface area contributed by atoms with Gasteiger partial charge in [-0.15, -0.1) is 0 Å². The molecule has 3 atom stereocenters. The number of methoxy groups -OCH3 is 1. The number of benzene rings is 1. The molecule has 3 nitrogen and oxygen atoms in total. The summed E-state index contributed by atoms with van der Waals surface area (Å²) in [5, 5.41) is 10.5. The standard InChI is InChI=1S/C17H27NO2/c1-12-7-13(2)9-15(8-12)16(19)10-18-6-5-14(3)17(11-18)20-4/h7-9,14,16-17,19H,5-6,10-11H2,1-4H3. The molecule has 0 radical (unpaired) electrons. The first-order valence-corrected chi connectivity index (χ1v) is 7.51. The van der Waals surface area contributed by atoms with Gasteiger partial charge in [0.2, 0.25) is 0 Å². The molecular weight excluding hydrogens is 250 g/mol. The Kier molecular flexibility index (Phi) is 5.19. The zero-order chi connectivity index (χ0) is 14.7. The number of aliphatic hydroxyl groups excluding tert-OH is 1. The highest BCUT2D eigenvalue weighted by Gasteiger charge is 2.27. The van der Waals surface area contributed by atoms with Gasteiger partial charge < -0.3 is 9.84 Å². The van der Waals surface area contributed by atoms with Crippen molar-refractivity contribution in [3.8, 4) is 0 Å². The van der Waals surface area contributed by atoms with E-state index in [4.69, 9.17) is 4.74 Å². The minimum Gasteiger partial charge on any atom is -0.387 e. The molecule has 0 amide bonds. The molecule has 1 N–H and O–H groups in total. The maximum atomic E-state index is 10.5. The molecule has 20 heavy (non-hydrogen) atoms. The predicted octanol–water partition coefficient (Wildman–Crippen LogP) is 2.69. The fourth-order valence-electron chi connectivity index (χ4n) is 3.12. The number of aliphatic hydroxyl groups is 1. The van der Waals surface area contributed by atoms with Crippen molar-refractivity contribution in [3.63, 3.8) is 0 Å². The molecule has 0 spiro atoms. The lowest BCUT2D eigenvalue weighted by Crippen LogP contribution is -2.45. The largest absolute Gasteiger partial charge is 0.387 e. The molecule has 0 saturated carbocycles. The van der Waals surface area contributed by atoms with Crippen molar-refractivity contribution in [2.45, 2.75) is 39.4 Å². The summed E-state index contributed by atoms with van der Waals surface area (Å²) in [6.07, 6.45) is 1.01. The molecule has 0 bridgehead atoms. The van der Waals surface area contributed by atoms with Gasteiger partial charge in [-0.3, -0.25) is 4.90 Å². The van der Waals surface area contributed by atoms with E-state index in [0.29, 0.717) is 12.5 Å². The number of piperidine rings is 1. The van der Waals surface area contributed by atoms with Crippen LogP contribution in [0.2, 0.25) is 0 Å². The van der Waals surface area contributed by atoms with E-state index < -0.39 is 6.10 Å². The van der Waals surface area contributed by atoms with Gasteiger partial charge in [0.05, 0.1) is 12.2 Å². The number of likely N-dealkylation sites (tertiary alicyclic amines) is 1. The summed E-state index contributed by atoms with van der Waals surface area (Å²) < 4.78 is 5.54. The lowest BCUT2D eigenvalue weighted by molar-refractivity contribution is -0.0180. The number of aryl methyl sites for hydroxylation is 2. The molecular formula is C17H27NO2. The van der Waals surface area contributed by atoms with Crippen molar-refractivity contribution in [2.24, 2.45) is 5.92 Å². The van der Waals surface area contributed by atoms with E-state index in [1.54, 1.807) is 7.11 Å². The quantitative estimate of drug-likeness (QED) is 0.918. The second-order valence-corrected chi connectivity index (χ2v) is 6.24. The molecule has 1 aliphatic rings. The summed E-state index contributed by atoms with van der Waals surface area (Å²) in [6, 6.07) is 6.30. The van der Waals surface area contributed by atoms with Crippen LogP contribution in [-0.2, 0) is 4.74 Å². The lowest BCUT2D eigenvalue weighted by Gasteiger charge is -2.37. The van der Waals surface area contributed by atoms with Crippen molar-refractivity contribution < 1.29 is 9.84 Å². The van der Waals surface area contributed by atoms with Crippen molar-refractivity contribution in [3.05, 3.63) is 34.9 Å². The van der Waals surface area contributed by atoms with E-state index in [9.17, 15) is 5.11 Å². The van der Waals surface area contributed by atoms with E-state index in [0.717, 1.165) is 25.1 Å². The zero-order valence-corrected chi connectivity index (χ0v) is 13.1. The Morgan fingerprint density at radius 3 is 2.55 bits per heavy atom. The Morgan fingerprint density at radius 1 is 1.30 bits per heavy atom. The van der Waals surface area contributed by atoms with E-state index in [1.807, 2.05) is 0 Å². The van der Waals surface area contributed by atoms with E-state index in [2.05, 4.69) is 43.9 Å². The Hall–Kier alpha value is -0.900. The summed E-state index contributed by atoms with van der Waals surface area (Å²) in [7, 11) is 1.78. The molecule has 2 rings (SSSR count). The molecule has 1 heterocycles. The van der Waals surface area contributed by atoms with E-state index >= 15 is 0 Å². The monoisotopic (exact) mass is 277 g/mol. The maximum absolute atomic E-state index is 10.5. The van der Waals surface area contributed by atoms with Gasteiger partial charge in [0.25, 0.3) is 0 Å². The highest BCUT2D eigenvalue weighted by molar-refractivity contribution is 5.30. The number of rotatable bonds is 4. The van der Waals surface area contributed by atoms with Crippen LogP contribution in [-0.4, -0.2) is 42.9 Å². The van der Waals surface area contributed by atoms with Gasteiger partial charge in [-0.2, -0.15) is 0 Å². The van der Waals surface area contributed by atoms with E-state index in [1.165, 1.54) is 11.1 Å². The number of hydrogen-bond donors (Lipinski definition) is 1. The van der Waals surface area contributed by atoms with Gasteiger partial charge in [-0.25, -0.2) is 0 Å². The van der Waals surface area contributed by atoms with Gasteiger partial charge in [0.1, 0.15) is 0 Å². The molecule has 1 saturated heterocycles. The molecule has 1 aliphatic heterocycles. The molecule has 3 heteroatoms.